The van der Waals surface area contributed by atoms with Gasteiger partial charge >= 0.3 is 0 Å². The van der Waals surface area contributed by atoms with E-state index in [1.54, 1.807) is 9.80 Å². The molecule has 0 radical (unpaired) electrons. The molecule has 0 bridgehead atoms. The van der Waals surface area contributed by atoms with Crippen LogP contribution in [0, 0.1) is 19.7 Å². The Morgan fingerprint density at radius 1 is 1.13 bits per heavy atom. The number of phenols is 1. The normalized spacial score (nSPS) is 17.2. The predicted octanol–water partition coefficient (Wildman–Crippen LogP) is 5.15. The van der Waals surface area contributed by atoms with Crippen molar-refractivity contribution >= 4 is 23.4 Å². The Morgan fingerprint density at radius 2 is 1.84 bits per heavy atom. The minimum atomic E-state index is -0.702. The largest absolute Gasteiger partial charge is 0.507 e. The molecule has 7 nitrogen and oxygen atoms in total. The minimum absolute atomic E-state index is 0.00927. The second-order valence-corrected chi connectivity index (χ2v) is 9.88. The van der Waals surface area contributed by atoms with Crippen LogP contribution in [-0.4, -0.2) is 64.0 Å². The van der Waals surface area contributed by atoms with Gasteiger partial charge in [0.25, 0.3) is 5.91 Å². The molecule has 3 heterocycles. The van der Waals surface area contributed by atoms with E-state index in [0.717, 1.165) is 11.1 Å². The summed E-state index contributed by atoms with van der Waals surface area (Å²) in [5.41, 5.74) is 2.72. The lowest BCUT2D eigenvalue weighted by Gasteiger charge is -2.42. The third-order valence-electron chi connectivity index (χ3n) is 7.18. The molecule has 1 atom stereocenters. The Morgan fingerprint density at radius 3 is 2.53 bits per heavy atom. The molecule has 2 aliphatic rings. The number of benzene rings is 2. The summed E-state index contributed by atoms with van der Waals surface area (Å²) in [6.07, 6.45) is 1.73. The van der Waals surface area contributed by atoms with Crippen LogP contribution in [0.3, 0.4) is 0 Å². The molecule has 2 aliphatic heterocycles. The molecule has 196 valence electrons. The van der Waals surface area contributed by atoms with Crippen molar-refractivity contribution in [3.05, 3.63) is 76.6 Å². The van der Waals surface area contributed by atoms with Crippen LogP contribution < -0.4 is 4.74 Å². The second-order valence-electron chi connectivity index (χ2n) is 9.51. The fourth-order valence-corrected chi connectivity index (χ4v) is 5.58. The zero-order valence-electron chi connectivity index (χ0n) is 21.1. The van der Waals surface area contributed by atoms with E-state index < -0.39 is 5.82 Å². The Hall–Kier alpha value is -3.91. The Bertz CT molecular complexity index is 1430. The number of aromatic nitrogens is 1. The van der Waals surface area contributed by atoms with E-state index in [1.165, 1.54) is 24.3 Å². The van der Waals surface area contributed by atoms with Crippen LogP contribution in [0.15, 0.2) is 49.1 Å². The number of hydrogen-bond acceptors (Lipinski definition) is 5. The van der Waals surface area contributed by atoms with Crippen LogP contribution in [0.2, 0.25) is 5.02 Å². The highest BCUT2D eigenvalue weighted by Gasteiger charge is 2.39. The Labute approximate surface area is 225 Å². The van der Waals surface area contributed by atoms with Crippen molar-refractivity contribution in [1.82, 2.24) is 14.8 Å². The van der Waals surface area contributed by atoms with E-state index in [1.807, 2.05) is 32.0 Å². The van der Waals surface area contributed by atoms with Crippen molar-refractivity contribution in [1.29, 1.82) is 0 Å². The highest BCUT2D eigenvalue weighted by atomic mass is 35.5. The second kappa shape index (κ2) is 10.1. The zero-order valence-corrected chi connectivity index (χ0v) is 21.9. The quantitative estimate of drug-likeness (QED) is 0.469. The van der Waals surface area contributed by atoms with E-state index in [-0.39, 0.29) is 57.8 Å². The first-order valence-electron chi connectivity index (χ1n) is 12.4. The molecular formula is C29H27ClFN3O4. The van der Waals surface area contributed by atoms with Crippen LogP contribution in [0.1, 0.15) is 27.9 Å². The standard InChI is InChI=1S/C29H27ClFN3O4/c1-4-21(36)33-12-13-34-18(15-33)11-14-38-28-24(29(34)37)26(22-16(2)7-5-8-17(22)3)32-27(25(28)30)23-19(31)9-6-10-20(23)35/h4-10,18,35H,1,11-15H2,2-3H3/t18-/m0/s1. The van der Waals surface area contributed by atoms with E-state index in [4.69, 9.17) is 21.3 Å². The Kier molecular flexibility index (Phi) is 6.84. The summed E-state index contributed by atoms with van der Waals surface area (Å²) in [5.74, 6) is -1.44. The van der Waals surface area contributed by atoms with Gasteiger partial charge < -0.3 is 19.6 Å². The van der Waals surface area contributed by atoms with Crippen LogP contribution >= 0.6 is 11.6 Å². The fourth-order valence-electron chi connectivity index (χ4n) is 5.30. The SMILES string of the molecule is C=CC(=O)N1CCN2C(=O)c3c(-c4c(C)cccc4C)nc(-c4c(O)cccc4F)c(Cl)c3OCC[C@H]2C1. The average molecular weight is 536 g/mol. The molecule has 5 rings (SSSR count). The van der Waals surface area contributed by atoms with Gasteiger partial charge in [0, 0.05) is 31.6 Å². The molecule has 0 spiro atoms. The number of carbonyl (C=O) groups excluding carboxylic acids is 2. The fraction of sp³-hybridized carbons (Fsp3) is 0.276. The van der Waals surface area contributed by atoms with E-state index in [2.05, 4.69) is 6.58 Å². The number of piperazine rings is 1. The monoisotopic (exact) mass is 535 g/mol. The zero-order chi connectivity index (χ0) is 27.1. The van der Waals surface area contributed by atoms with Crippen molar-refractivity contribution in [3.63, 3.8) is 0 Å². The van der Waals surface area contributed by atoms with Crippen molar-refractivity contribution in [2.24, 2.45) is 0 Å². The maximum Gasteiger partial charge on any atom is 0.260 e. The lowest BCUT2D eigenvalue weighted by atomic mass is 9.93. The molecule has 1 N–H and O–H groups in total. The number of amides is 2. The van der Waals surface area contributed by atoms with Gasteiger partial charge in [-0.2, -0.15) is 0 Å². The smallest absolute Gasteiger partial charge is 0.260 e. The van der Waals surface area contributed by atoms with Crippen molar-refractivity contribution in [2.45, 2.75) is 26.3 Å². The highest BCUT2D eigenvalue weighted by Crippen LogP contribution is 2.46. The third kappa shape index (κ3) is 4.28. The van der Waals surface area contributed by atoms with Crippen LogP contribution in [0.25, 0.3) is 22.5 Å². The summed E-state index contributed by atoms with van der Waals surface area (Å²) in [4.78, 5) is 34.6. The molecule has 1 fully saturated rings. The number of fused-ring (bicyclic) bond motifs is 2. The molecule has 0 saturated carbocycles. The maximum atomic E-state index is 15.0. The van der Waals surface area contributed by atoms with Gasteiger partial charge in [-0.3, -0.25) is 9.59 Å². The minimum Gasteiger partial charge on any atom is -0.507 e. The van der Waals surface area contributed by atoms with Crippen LogP contribution in [0.5, 0.6) is 11.5 Å². The van der Waals surface area contributed by atoms with Crippen LogP contribution in [0.4, 0.5) is 4.39 Å². The first kappa shape index (κ1) is 25.7. The lowest BCUT2D eigenvalue weighted by molar-refractivity contribution is -0.128. The van der Waals surface area contributed by atoms with Gasteiger partial charge in [0.15, 0.2) is 5.75 Å². The van der Waals surface area contributed by atoms with Crippen molar-refractivity contribution < 1.29 is 23.8 Å². The van der Waals surface area contributed by atoms with Crippen molar-refractivity contribution in [2.75, 3.05) is 26.2 Å². The van der Waals surface area contributed by atoms with Gasteiger partial charge in [-0.25, -0.2) is 9.37 Å². The first-order valence-corrected chi connectivity index (χ1v) is 12.7. The van der Waals surface area contributed by atoms with Gasteiger partial charge in [0.1, 0.15) is 27.8 Å². The summed E-state index contributed by atoms with van der Waals surface area (Å²) < 4.78 is 21.1. The number of carbonyl (C=O) groups is 2. The number of phenolic OH excluding ortho intramolecular Hbond substituents is 1. The Balaban J connectivity index is 1.75. The summed E-state index contributed by atoms with van der Waals surface area (Å²) in [6, 6.07) is 9.40. The molecule has 38 heavy (non-hydrogen) atoms. The van der Waals surface area contributed by atoms with E-state index in [9.17, 15) is 14.7 Å². The third-order valence-corrected chi connectivity index (χ3v) is 7.53. The number of aromatic hydroxyl groups is 1. The summed E-state index contributed by atoms with van der Waals surface area (Å²) >= 11 is 6.79. The van der Waals surface area contributed by atoms with Crippen LogP contribution in [-0.2, 0) is 4.79 Å². The number of rotatable bonds is 3. The molecule has 2 amide bonds. The molecule has 3 aromatic rings. The topological polar surface area (TPSA) is 83.0 Å². The number of hydrogen-bond donors (Lipinski definition) is 1. The summed E-state index contributed by atoms with van der Waals surface area (Å²) in [7, 11) is 0. The lowest BCUT2D eigenvalue weighted by Crippen LogP contribution is -2.57. The van der Waals surface area contributed by atoms with Gasteiger partial charge in [-0.1, -0.05) is 42.4 Å². The number of aryl methyl sites for hydroxylation is 2. The molecule has 2 aromatic carbocycles. The number of halogens is 2. The molecular weight excluding hydrogens is 509 g/mol. The number of ether oxygens (including phenoxy) is 1. The molecule has 1 saturated heterocycles. The molecule has 9 heteroatoms. The average Bonchev–Trinajstić information content (AvgIpc) is 2.88. The molecule has 1 aromatic heterocycles. The van der Waals surface area contributed by atoms with E-state index >= 15 is 4.39 Å². The van der Waals surface area contributed by atoms with Gasteiger partial charge in [-0.15, -0.1) is 0 Å². The number of pyridine rings is 1. The molecule has 0 aliphatic carbocycles. The van der Waals surface area contributed by atoms with Crippen molar-refractivity contribution in [3.8, 4) is 34.0 Å². The van der Waals surface area contributed by atoms with E-state index in [0.29, 0.717) is 37.3 Å². The maximum absolute atomic E-state index is 15.0. The predicted molar refractivity (Wildman–Crippen MR) is 143 cm³/mol. The summed E-state index contributed by atoms with van der Waals surface area (Å²) in [6.45, 7) is 8.63. The van der Waals surface area contributed by atoms with Gasteiger partial charge in [0.2, 0.25) is 5.91 Å². The number of nitrogens with zero attached hydrogens (tertiary/aromatic N) is 3. The molecule has 0 unspecified atom stereocenters. The first-order chi connectivity index (χ1) is 18.2. The summed E-state index contributed by atoms with van der Waals surface area (Å²) in [5, 5.41) is 10.5. The highest BCUT2D eigenvalue weighted by molar-refractivity contribution is 6.35. The van der Waals surface area contributed by atoms with Gasteiger partial charge in [0.05, 0.1) is 23.9 Å². The van der Waals surface area contributed by atoms with Gasteiger partial charge in [-0.05, 0) is 43.2 Å².